The zero-order valence-electron chi connectivity index (χ0n) is 6.27. The fourth-order valence-corrected chi connectivity index (χ4v) is 1.23. The summed E-state index contributed by atoms with van der Waals surface area (Å²) in [5.74, 6) is 0. The van der Waals surface area contributed by atoms with E-state index in [0.29, 0.717) is 0 Å². The van der Waals surface area contributed by atoms with Crippen LogP contribution in [0.4, 0.5) is 0 Å². The Kier molecular flexibility index (Phi) is 4.28. The maximum atomic E-state index is 9.16. The molecule has 0 unspecified atom stereocenters. The molecule has 0 saturated carbocycles. The van der Waals surface area contributed by atoms with Crippen molar-refractivity contribution in [1.29, 1.82) is 0 Å². The third kappa shape index (κ3) is 2.04. The summed E-state index contributed by atoms with van der Waals surface area (Å²) in [7, 11) is 0. The summed E-state index contributed by atoms with van der Waals surface area (Å²) < 4.78 is 0. The van der Waals surface area contributed by atoms with E-state index in [1.165, 1.54) is 0 Å². The highest BCUT2D eigenvalue weighted by molar-refractivity contribution is 5.85. The van der Waals surface area contributed by atoms with Gasteiger partial charge in [-0.3, -0.25) is 0 Å². The molecule has 1 heterocycles. The Morgan fingerprint density at radius 1 is 1.27 bits per heavy atom. The van der Waals surface area contributed by atoms with Crippen LogP contribution in [0.25, 0.3) is 0 Å². The highest BCUT2D eigenvalue weighted by atomic mass is 35.5. The predicted molar refractivity (Wildman–Crippen MR) is 42.7 cm³/mol. The molecule has 1 aliphatic rings. The highest BCUT2D eigenvalue weighted by Gasteiger charge is 2.37. The molecule has 1 saturated heterocycles. The first-order valence-corrected chi connectivity index (χ1v) is 3.40. The summed E-state index contributed by atoms with van der Waals surface area (Å²) >= 11 is 0. The lowest BCUT2D eigenvalue weighted by Gasteiger charge is -2.11. The van der Waals surface area contributed by atoms with Crippen molar-refractivity contribution in [2.45, 2.75) is 31.2 Å². The lowest BCUT2D eigenvalue weighted by Crippen LogP contribution is -2.36. The van der Waals surface area contributed by atoms with Gasteiger partial charge in [0.1, 0.15) is 0 Å². The van der Waals surface area contributed by atoms with E-state index in [9.17, 15) is 0 Å². The lowest BCUT2D eigenvalue weighted by molar-refractivity contribution is 0.0214. The second kappa shape index (κ2) is 4.23. The van der Waals surface area contributed by atoms with Crippen LogP contribution in [0.2, 0.25) is 0 Å². The van der Waals surface area contributed by atoms with Crippen molar-refractivity contribution in [3.8, 4) is 0 Å². The van der Waals surface area contributed by atoms with Crippen molar-refractivity contribution in [2.24, 2.45) is 0 Å². The second-order valence-corrected chi connectivity index (χ2v) is 2.73. The number of hydrogen-bond acceptors (Lipinski definition) is 4. The predicted octanol–water partition coefficient (Wildman–Crippen LogP) is -1.52. The Morgan fingerprint density at radius 3 is 2.00 bits per heavy atom. The van der Waals surface area contributed by atoms with Crippen LogP contribution >= 0.6 is 12.4 Å². The molecule has 0 bridgehead atoms. The van der Waals surface area contributed by atoms with Crippen LogP contribution in [0.15, 0.2) is 0 Å². The smallest absolute Gasteiger partial charge is 0.0989 e. The molecule has 0 aromatic heterocycles. The molecule has 68 valence electrons. The molecule has 4 atom stereocenters. The Bertz CT molecular complexity index is 124. The summed E-state index contributed by atoms with van der Waals surface area (Å²) in [6, 6.07) is -0.503. The molecule has 0 aromatic rings. The third-order valence-corrected chi connectivity index (χ3v) is 1.95. The van der Waals surface area contributed by atoms with Gasteiger partial charge in [0.05, 0.1) is 24.9 Å². The van der Waals surface area contributed by atoms with Crippen LogP contribution in [-0.4, -0.2) is 46.2 Å². The molecule has 5 heteroatoms. The molecule has 1 rings (SSSR count). The number of nitrogens with one attached hydrogen (secondary N) is 1. The van der Waals surface area contributed by atoms with E-state index in [4.69, 9.17) is 15.3 Å². The van der Waals surface area contributed by atoms with Crippen LogP contribution in [0.3, 0.4) is 0 Å². The Morgan fingerprint density at radius 2 is 1.82 bits per heavy atom. The summed E-state index contributed by atoms with van der Waals surface area (Å²) in [6.45, 7) is 1.63. The third-order valence-electron chi connectivity index (χ3n) is 1.95. The average Bonchev–Trinajstić information content (AvgIpc) is 2.17. The lowest BCUT2D eigenvalue weighted by atomic mass is 10.1. The van der Waals surface area contributed by atoms with Gasteiger partial charge >= 0.3 is 0 Å². The van der Waals surface area contributed by atoms with E-state index in [1.54, 1.807) is 6.92 Å². The standard InChI is InChI=1S/C6H13NO3.ClH/c1-3-5(9)6(10)4(2-8)7-3;/h3-10H,2H2,1H3;1H/t3-,4-,5-,6-;/m1./s1. The number of hydrogen-bond donors (Lipinski definition) is 4. The van der Waals surface area contributed by atoms with E-state index >= 15 is 0 Å². The van der Waals surface area contributed by atoms with E-state index in [-0.39, 0.29) is 31.1 Å². The first-order valence-electron chi connectivity index (χ1n) is 3.40. The molecule has 4 nitrogen and oxygen atoms in total. The van der Waals surface area contributed by atoms with Gasteiger partial charge in [-0.1, -0.05) is 0 Å². The molecular weight excluding hydrogens is 170 g/mol. The van der Waals surface area contributed by atoms with Gasteiger partial charge in [0.15, 0.2) is 0 Å². The molecular formula is C6H14ClNO3. The summed E-state index contributed by atoms with van der Waals surface area (Å²) in [5.41, 5.74) is 0. The summed E-state index contributed by atoms with van der Waals surface area (Å²) in [4.78, 5) is 0. The zero-order chi connectivity index (χ0) is 7.72. The van der Waals surface area contributed by atoms with Gasteiger partial charge in [0.25, 0.3) is 0 Å². The molecule has 0 aromatic carbocycles. The van der Waals surface area contributed by atoms with Crippen molar-refractivity contribution in [3.05, 3.63) is 0 Å². The van der Waals surface area contributed by atoms with Crippen LogP contribution in [0.1, 0.15) is 6.92 Å². The van der Waals surface area contributed by atoms with Crippen LogP contribution in [0, 0.1) is 0 Å². The quantitative estimate of drug-likeness (QED) is 0.399. The number of aliphatic hydroxyl groups excluding tert-OH is 3. The number of aliphatic hydroxyl groups is 3. The monoisotopic (exact) mass is 183 g/mol. The Hall–Kier alpha value is 0.130. The van der Waals surface area contributed by atoms with Crippen molar-refractivity contribution in [1.82, 2.24) is 5.32 Å². The van der Waals surface area contributed by atoms with E-state index in [0.717, 1.165) is 0 Å². The van der Waals surface area contributed by atoms with Crippen LogP contribution in [0.5, 0.6) is 0 Å². The minimum atomic E-state index is -0.833. The molecule has 0 spiro atoms. The number of rotatable bonds is 1. The molecule has 4 N–H and O–H groups in total. The largest absolute Gasteiger partial charge is 0.395 e. The van der Waals surface area contributed by atoms with E-state index in [1.807, 2.05) is 0 Å². The van der Waals surface area contributed by atoms with Crippen molar-refractivity contribution >= 4 is 12.4 Å². The van der Waals surface area contributed by atoms with Crippen molar-refractivity contribution in [2.75, 3.05) is 6.61 Å². The van der Waals surface area contributed by atoms with Crippen LogP contribution < -0.4 is 5.32 Å². The van der Waals surface area contributed by atoms with Crippen LogP contribution in [-0.2, 0) is 0 Å². The minimum Gasteiger partial charge on any atom is -0.395 e. The van der Waals surface area contributed by atoms with E-state index in [2.05, 4.69) is 5.32 Å². The first-order chi connectivity index (χ1) is 4.66. The second-order valence-electron chi connectivity index (χ2n) is 2.73. The Balaban J connectivity index is 0.000001000. The SMILES string of the molecule is C[C@H]1N[C@H](CO)[C@@H](O)[C@@H]1O.Cl. The fourth-order valence-electron chi connectivity index (χ4n) is 1.23. The molecule has 11 heavy (non-hydrogen) atoms. The van der Waals surface area contributed by atoms with Gasteiger partial charge in [-0.15, -0.1) is 12.4 Å². The van der Waals surface area contributed by atoms with Gasteiger partial charge in [-0.25, -0.2) is 0 Å². The molecule has 0 aliphatic carbocycles. The molecule has 1 aliphatic heterocycles. The van der Waals surface area contributed by atoms with Gasteiger partial charge in [-0.2, -0.15) is 0 Å². The minimum absolute atomic E-state index is 0. The normalized spacial score (nSPS) is 43.6. The fraction of sp³-hybridized carbons (Fsp3) is 1.00. The number of halogens is 1. The summed E-state index contributed by atoms with van der Waals surface area (Å²) in [6.07, 6.45) is -1.59. The maximum absolute atomic E-state index is 9.16. The van der Waals surface area contributed by atoms with Gasteiger partial charge in [0.2, 0.25) is 0 Å². The maximum Gasteiger partial charge on any atom is 0.0989 e. The topological polar surface area (TPSA) is 72.7 Å². The van der Waals surface area contributed by atoms with Crippen molar-refractivity contribution in [3.63, 3.8) is 0 Å². The van der Waals surface area contributed by atoms with E-state index < -0.39 is 12.2 Å². The summed E-state index contributed by atoms with van der Waals surface area (Å²) in [5, 5.41) is 29.8. The van der Waals surface area contributed by atoms with Gasteiger partial charge < -0.3 is 20.6 Å². The van der Waals surface area contributed by atoms with Gasteiger partial charge in [0, 0.05) is 6.04 Å². The highest BCUT2D eigenvalue weighted by Crippen LogP contribution is 2.12. The average molecular weight is 184 g/mol. The molecule has 0 amide bonds. The molecule has 0 radical (unpaired) electrons. The molecule has 1 fully saturated rings. The van der Waals surface area contributed by atoms with Crippen molar-refractivity contribution < 1.29 is 15.3 Å². The first kappa shape index (κ1) is 11.1. The zero-order valence-corrected chi connectivity index (χ0v) is 7.08. The van der Waals surface area contributed by atoms with Gasteiger partial charge in [-0.05, 0) is 6.92 Å². The Labute approximate surface area is 71.6 Å².